The minimum Gasteiger partial charge on any atom is -0.497 e. The molecule has 1 saturated heterocycles. The third-order valence-electron chi connectivity index (χ3n) is 3.86. The van der Waals surface area contributed by atoms with E-state index in [1.165, 1.54) is 16.2 Å². The molecule has 23 heavy (non-hydrogen) atoms. The van der Waals surface area contributed by atoms with Crippen molar-refractivity contribution < 1.29 is 19.4 Å². The molecular formula is C16H16N2O4S. The molecule has 1 unspecified atom stereocenters. The number of methoxy groups -OCH3 is 1. The Kier molecular flexibility index (Phi) is 4.29. The van der Waals surface area contributed by atoms with Gasteiger partial charge in [0.15, 0.2) is 0 Å². The van der Waals surface area contributed by atoms with E-state index in [1.54, 1.807) is 12.5 Å². The highest BCUT2D eigenvalue weighted by molar-refractivity contribution is 7.13. The highest BCUT2D eigenvalue weighted by atomic mass is 32.1. The number of carboxylic acid groups (broad SMARTS) is 1. The summed E-state index contributed by atoms with van der Waals surface area (Å²) in [5.74, 6) is -0.518. The monoisotopic (exact) mass is 332 g/mol. The van der Waals surface area contributed by atoms with E-state index in [0.29, 0.717) is 25.1 Å². The molecule has 1 aromatic heterocycles. The van der Waals surface area contributed by atoms with Gasteiger partial charge in [-0.2, -0.15) is 0 Å². The minimum atomic E-state index is -0.957. The number of rotatable bonds is 4. The summed E-state index contributed by atoms with van der Waals surface area (Å²) in [6.07, 6.45) is 1.20. The summed E-state index contributed by atoms with van der Waals surface area (Å²) in [4.78, 5) is 29.5. The summed E-state index contributed by atoms with van der Waals surface area (Å²) >= 11 is 1.37. The van der Waals surface area contributed by atoms with Gasteiger partial charge in [0.25, 0.3) is 5.91 Å². The van der Waals surface area contributed by atoms with Gasteiger partial charge in [-0.15, -0.1) is 11.3 Å². The van der Waals surface area contributed by atoms with Crippen LogP contribution in [0.3, 0.4) is 0 Å². The lowest BCUT2D eigenvalue weighted by Crippen LogP contribution is -2.40. The standard InChI is InChI=1S/C16H16N2O4S/c1-22-11-6-4-10(5-7-11)14-17-12(9-23-14)15(19)18-8-2-3-13(18)16(20)21/h4-7,9,13H,2-3,8H2,1H3,(H,20,21). The van der Waals surface area contributed by atoms with Gasteiger partial charge in [0, 0.05) is 17.5 Å². The third-order valence-corrected chi connectivity index (χ3v) is 4.75. The number of nitrogens with zero attached hydrogens (tertiary/aromatic N) is 2. The van der Waals surface area contributed by atoms with Gasteiger partial charge in [0.1, 0.15) is 22.5 Å². The predicted octanol–water partition coefficient (Wildman–Crippen LogP) is 2.51. The van der Waals surface area contributed by atoms with E-state index in [1.807, 2.05) is 24.3 Å². The van der Waals surface area contributed by atoms with Gasteiger partial charge in [-0.25, -0.2) is 9.78 Å². The molecule has 1 aliphatic rings. The van der Waals surface area contributed by atoms with E-state index in [9.17, 15) is 14.7 Å². The molecule has 0 aliphatic carbocycles. The van der Waals surface area contributed by atoms with Crippen molar-refractivity contribution in [1.82, 2.24) is 9.88 Å². The molecule has 6 nitrogen and oxygen atoms in total. The second-order valence-electron chi connectivity index (χ2n) is 5.26. The van der Waals surface area contributed by atoms with Gasteiger partial charge < -0.3 is 14.7 Å². The summed E-state index contributed by atoms with van der Waals surface area (Å²) < 4.78 is 5.12. The molecule has 1 amide bonds. The molecule has 0 spiro atoms. The molecule has 0 bridgehead atoms. The SMILES string of the molecule is COc1ccc(-c2nc(C(=O)N3CCCC3C(=O)O)cs2)cc1. The molecule has 1 atom stereocenters. The number of carbonyl (C=O) groups is 2. The van der Waals surface area contributed by atoms with Gasteiger partial charge in [0.05, 0.1) is 7.11 Å². The highest BCUT2D eigenvalue weighted by Gasteiger charge is 2.35. The summed E-state index contributed by atoms with van der Waals surface area (Å²) in [5, 5.41) is 11.6. The number of ether oxygens (including phenoxy) is 1. The van der Waals surface area contributed by atoms with Crippen LogP contribution in [0.4, 0.5) is 0 Å². The van der Waals surface area contributed by atoms with Gasteiger partial charge in [-0.3, -0.25) is 4.79 Å². The zero-order valence-electron chi connectivity index (χ0n) is 12.6. The van der Waals surface area contributed by atoms with Crippen molar-refractivity contribution in [1.29, 1.82) is 0 Å². The maximum Gasteiger partial charge on any atom is 0.326 e. The number of carboxylic acids is 1. The second kappa shape index (κ2) is 6.37. The molecule has 1 fully saturated rings. The van der Waals surface area contributed by atoms with Crippen LogP contribution in [0.5, 0.6) is 5.75 Å². The molecule has 1 aromatic carbocycles. The van der Waals surface area contributed by atoms with Crippen LogP contribution in [0.15, 0.2) is 29.6 Å². The fraction of sp³-hybridized carbons (Fsp3) is 0.312. The van der Waals surface area contributed by atoms with Gasteiger partial charge in [-0.05, 0) is 37.1 Å². The number of amides is 1. The molecule has 2 aromatic rings. The number of aromatic nitrogens is 1. The summed E-state index contributed by atoms with van der Waals surface area (Å²) in [6, 6.07) is 6.68. The molecule has 3 rings (SSSR count). The maximum atomic E-state index is 12.5. The average Bonchev–Trinajstić information content (AvgIpc) is 3.23. The molecule has 1 aliphatic heterocycles. The van der Waals surface area contributed by atoms with Crippen molar-refractivity contribution in [2.24, 2.45) is 0 Å². The summed E-state index contributed by atoms with van der Waals surface area (Å²) in [6.45, 7) is 0.463. The van der Waals surface area contributed by atoms with Crippen LogP contribution in [0.25, 0.3) is 10.6 Å². The topological polar surface area (TPSA) is 79.7 Å². The van der Waals surface area contributed by atoms with Crippen molar-refractivity contribution in [2.45, 2.75) is 18.9 Å². The predicted molar refractivity (Wildman–Crippen MR) is 85.8 cm³/mol. The Morgan fingerprint density at radius 1 is 1.35 bits per heavy atom. The van der Waals surface area contributed by atoms with Crippen LogP contribution in [0, 0.1) is 0 Å². The Morgan fingerprint density at radius 3 is 2.74 bits per heavy atom. The zero-order valence-corrected chi connectivity index (χ0v) is 13.4. The number of hydrogen-bond acceptors (Lipinski definition) is 5. The molecule has 120 valence electrons. The Labute approximate surface area is 137 Å². The van der Waals surface area contributed by atoms with Crippen molar-refractivity contribution in [2.75, 3.05) is 13.7 Å². The number of hydrogen-bond donors (Lipinski definition) is 1. The Morgan fingerprint density at radius 2 is 2.09 bits per heavy atom. The molecule has 2 heterocycles. The molecule has 1 N–H and O–H groups in total. The first-order valence-electron chi connectivity index (χ1n) is 7.24. The summed E-state index contributed by atoms with van der Waals surface area (Å²) in [7, 11) is 1.60. The average molecular weight is 332 g/mol. The van der Waals surface area contributed by atoms with Crippen LogP contribution in [0.1, 0.15) is 23.3 Å². The first-order valence-corrected chi connectivity index (χ1v) is 8.12. The smallest absolute Gasteiger partial charge is 0.326 e. The van der Waals surface area contributed by atoms with E-state index < -0.39 is 12.0 Å². The van der Waals surface area contributed by atoms with Crippen LogP contribution >= 0.6 is 11.3 Å². The van der Waals surface area contributed by atoms with E-state index in [2.05, 4.69) is 4.98 Å². The fourth-order valence-corrected chi connectivity index (χ4v) is 3.45. The molecular weight excluding hydrogens is 316 g/mol. The quantitative estimate of drug-likeness (QED) is 0.930. The second-order valence-corrected chi connectivity index (χ2v) is 6.12. The van der Waals surface area contributed by atoms with Gasteiger partial charge in [-0.1, -0.05) is 0 Å². The van der Waals surface area contributed by atoms with Crippen LogP contribution in [0.2, 0.25) is 0 Å². The summed E-state index contributed by atoms with van der Waals surface area (Å²) in [5.41, 5.74) is 1.19. The first kappa shape index (κ1) is 15.5. The number of aliphatic carboxylic acids is 1. The van der Waals surface area contributed by atoms with Crippen LogP contribution in [-0.2, 0) is 4.79 Å². The Balaban J connectivity index is 1.80. The fourth-order valence-electron chi connectivity index (χ4n) is 2.65. The van der Waals surface area contributed by atoms with Gasteiger partial charge >= 0.3 is 5.97 Å². The number of thiazole rings is 1. The minimum absolute atomic E-state index is 0.300. The maximum absolute atomic E-state index is 12.5. The molecule has 7 heteroatoms. The van der Waals surface area contributed by atoms with E-state index >= 15 is 0 Å². The van der Waals surface area contributed by atoms with Crippen molar-refractivity contribution in [3.8, 4) is 16.3 Å². The van der Waals surface area contributed by atoms with E-state index in [-0.39, 0.29) is 5.91 Å². The van der Waals surface area contributed by atoms with Crippen LogP contribution < -0.4 is 4.74 Å². The largest absolute Gasteiger partial charge is 0.497 e. The zero-order chi connectivity index (χ0) is 16.4. The van der Waals surface area contributed by atoms with Crippen LogP contribution in [-0.4, -0.2) is 46.6 Å². The lowest BCUT2D eigenvalue weighted by molar-refractivity contribution is -0.141. The number of carbonyl (C=O) groups excluding carboxylic acids is 1. The van der Waals surface area contributed by atoms with Gasteiger partial charge in [0.2, 0.25) is 0 Å². The van der Waals surface area contributed by atoms with Crippen molar-refractivity contribution in [3.63, 3.8) is 0 Å². The Hall–Kier alpha value is -2.41. The van der Waals surface area contributed by atoms with E-state index in [4.69, 9.17) is 4.74 Å². The van der Waals surface area contributed by atoms with Crippen molar-refractivity contribution in [3.05, 3.63) is 35.3 Å². The molecule has 0 radical (unpaired) electrons. The number of benzene rings is 1. The highest BCUT2D eigenvalue weighted by Crippen LogP contribution is 2.27. The molecule has 0 saturated carbocycles. The lowest BCUT2D eigenvalue weighted by Gasteiger charge is -2.20. The third kappa shape index (κ3) is 3.05. The Bertz CT molecular complexity index is 726. The van der Waals surface area contributed by atoms with Crippen molar-refractivity contribution >= 4 is 23.2 Å². The number of likely N-dealkylation sites (tertiary alicyclic amines) is 1. The first-order chi connectivity index (χ1) is 11.1. The normalized spacial score (nSPS) is 17.3. The lowest BCUT2D eigenvalue weighted by atomic mass is 10.2. The van der Waals surface area contributed by atoms with E-state index in [0.717, 1.165) is 16.3 Å².